The van der Waals surface area contributed by atoms with Crippen LogP contribution in [0.3, 0.4) is 0 Å². The van der Waals surface area contributed by atoms with E-state index in [1.807, 2.05) is 0 Å². The number of ether oxygens (including phenoxy) is 1. The summed E-state index contributed by atoms with van der Waals surface area (Å²) < 4.78 is 5.16. The fraction of sp³-hybridized carbons (Fsp3) is 0.857. The summed E-state index contributed by atoms with van der Waals surface area (Å²) in [7, 11) is 0. The number of hydrogen-bond acceptors (Lipinski definition) is 4. The first-order valence-corrected chi connectivity index (χ1v) is 3.92. The van der Waals surface area contributed by atoms with E-state index in [2.05, 4.69) is 5.32 Å². The first-order valence-electron chi connectivity index (χ1n) is 3.92. The normalized spacial score (nSPS) is 29.1. The molecule has 5 heteroatoms. The number of carbonyl (C=O) groups is 1. The lowest BCUT2D eigenvalue weighted by atomic mass is 10.2. The fourth-order valence-electron chi connectivity index (χ4n) is 1.24. The van der Waals surface area contributed by atoms with Gasteiger partial charge in [-0.1, -0.05) is 0 Å². The molecule has 1 heterocycles. The molecule has 0 spiro atoms. The van der Waals surface area contributed by atoms with Crippen LogP contribution in [-0.4, -0.2) is 48.1 Å². The maximum atomic E-state index is 10.5. The third kappa shape index (κ3) is 2.44. The van der Waals surface area contributed by atoms with E-state index in [9.17, 15) is 4.79 Å². The summed E-state index contributed by atoms with van der Waals surface area (Å²) in [6.07, 6.45) is 0.410. The van der Waals surface area contributed by atoms with Gasteiger partial charge in [0.05, 0.1) is 19.3 Å². The van der Waals surface area contributed by atoms with Gasteiger partial charge in [-0.05, 0) is 0 Å². The van der Waals surface area contributed by atoms with Crippen LogP contribution in [0.4, 0.5) is 0 Å². The Morgan fingerprint density at radius 3 is 2.92 bits per heavy atom. The summed E-state index contributed by atoms with van der Waals surface area (Å²) in [6, 6.07) is -0.492. The first-order chi connectivity index (χ1) is 5.74. The summed E-state index contributed by atoms with van der Waals surface area (Å²) >= 11 is 0. The molecule has 0 aromatic heterocycles. The molecule has 0 aromatic rings. The molecule has 1 aliphatic rings. The minimum atomic E-state index is -0.843. The van der Waals surface area contributed by atoms with Gasteiger partial charge >= 0.3 is 5.97 Å². The highest BCUT2D eigenvalue weighted by Crippen LogP contribution is 2.09. The number of aliphatic carboxylic acids is 1. The number of rotatable bonds is 4. The standard InChI is InChI=1S/C7H13NO4/c9-1-2-12-5-3-6(7(10)11)8-4-5/h5-6,8-9H,1-4H2,(H,10,11)/t5-,6?/m1/s1. The molecule has 1 unspecified atom stereocenters. The van der Waals surface area contributed by atoms with Gasteiger partial charge in [-0.25, -0.2) is 0 Å². The number of aliphatic hydroxyl groups excluding tert-OH is 1. The molecule has 0 amide bonds. The summed E-state index contributed by atoms with van der Waals surface area (Å²) in [5.74, 6) is -0.843. The smallest absolute Gasteiger partial charge is 0.320 e. The number of hydrogen-bond donors (Lipinski definition) is 3. The first kappa shape index (κ1) is 9.44. The third-order valence-electron chi connectivity index (χ3n) is 1.83. The van der Waals surface area contributed by atoms with Crippen LogP contribution >= 0.6 is 0 Å². The highest BCUT2D eigenvalue weighted by molar-refractivity contribution is 5.73. The van der Waals surface area contributed by atoms with Crippen LogP contribution < -0.4 is 5.32 Å². The molecule has 0 aromatic carbocycles. The molecule has 1 rings (SSSR count). The van der Waals surface area contributed by atoms with Gasteiger partial charge in [0.1, 0.15) is 6.04 Å². The highest BCUT2D eigenvalue weighted by atomic mass is 16.5. The van der Waals surface area contributed by atoms with Crippen molar-refractivity contribution >= 4 is 5.97 Å². The van der Waals surface area contributed by atoms with Gasteiger partial charge in [0.2, 0.25) is 0 Å². The summed E-state index contributed by atoms with van der Waals surface area (Å²) in [5, 5.41) is 19.8. The van der Waals surface area contributed by atoms with E-state index in [0.29, 0.717) is 13.0 Å². The van der Waals surface area contributed by atoms with Crippen LogP contribution in [-0.2, 0) is 9.53 Å². The van der Waals surface area contributed by atoms with E-state index in [4.69, 9.17) is 14.9 Å². The molecule has 0 bridgehead atoms. The molecule has 1 fully saturated rings. The fourth-order valence-corrected chi connectivity index (χ4v) is 1.24. The number of carboxylic acids is 1. The van der Waals surface area contributed by atoms with Crippen LogP contribution in [0.25, 0.3) is 0 Å². The molecule has 70 valence electrons. The predicted molar refractivity (Wildman–Crippen MR) is 40.9 cm³/mol. The van der Waals surface area contributed by atoms with E-state index in [1.165, 1.54) is 0 Å². The van der Waals surface area contributed by atoms with Gasteiger partial charge in [0.15, 0.2) is 0 Å². The minimum Gasteiger partial charge on any atom is -0.480 e. The van der Waals surface area contributed by atoms with Crippen molar-refractivity contribution in [1.29, 1.82) is 0 Å². The topological polar surface area (TPSA) is 78.8 Å². The maximum Gasteiger partial charge on any atom is 0.320 e. The highest BCUT2D eigenvalue weighted by Gasteiger charge is 2.29. The lowest BCUT2D eigenvalue weighted by Crippen LogP contribution is -2.29. The number of aliphatic hydroxyl groups is 1. The molecular weight excluding hydrogens is 162 g/mol. The molecule has 1 saturated heterocycles. The Balaban J connectivity index is 2.21. The van der Waals surface area contributed by atoms with E-state index in [0.717, 1.165) is 0 Å². The van der Waals surface area contributed by atoms with Gasteiger partial charge in [0.25, 0.3) is 0 Å². The predicted octanol–water partition coefficient (Wildman–Crippen LogP) is -1.19. The number of nitrogens with one attached hydrogen (secondary N) is 1. The third-order valence-corrected chi connectivity index (χ3v) is 1.83. The van der Waals surface area contributed by atoms with E-state index in [-0.39, 0.29) is 19.3 Å². The van der Waals surface area contributed by atoms with Crippen molar-refractivity contribution in [2.24, 2.45) is 0 Å². The van der Waals surface area contributed by atoms with Gasteiger partial charge < -0.3 is 20.3 Å². The molecule has 0 saturated carbocycles. The molecule has 1 aliphatic heterocycles. The van der Waals surface area contributed by atoms with Crippen molar-refractivity contribution in [3.63, 3.8) is 0 Å². The monoisotopic (exact) mass is 175 g/mol. The van der Waals surface area contributed by atoms with Gasteiger partial charge in [-0.2, -0.15) is 0 Å². The zero-order chi connectivity index (χ0) is 8.97. The Hall–Kier alpha value is -0.650. The molecule has 0 aliphatic carbocycles. The van der Waals surface area contributed by atoms with Crippen molar-refractivity contribution in [1.82, 2.24) is 5.32 Å². The average molecular weight is 175 g/mol. The molecule has 0 radical (unpaired) electrons. The molecule has 2 atom stereocenters. The van der Waals surface area contributed by atoms with Crippen molar-refractivity contribution < 1.29 is 19.7 Å². The van der Waals surface area contributed by atoms with Crippen molar-refractivity contribution in [2.75, 3.05) is 19.8 Å². The Kier molecular flexibility index (Phi) is 3.46. The van der Waals surface area contributed by atoms with Gasteiger partial charge in [-0.3, -0.25) is 4.79 Å². The molecular formula is C7H13NO4. The van der Waals surface area contributed by atoms with Crippen LogP contribution in [0, 0.1) is 0 Å². The average Bonchev–Trinajstić information content (AvgIpc) is 2.48. The van der Waals surface area contributed by atoms with Crippen molar-refractivity contribution in [3.05, 3.63) is 0 Å². The second kappa shape index (κ2) is 4.39. The summed E-state index contributed by atoms with van der Waals surface area (Å²) in [5.41, 5.74) is 0. The largest absolute Gasteiger partial charge is 0.480 e. The quantitative estimate of drug-likeness (QED) is 0.500. The maximum absolute atomic E-state index is 10.5. The van der Waals surface area contributed by atoms with E-state index >= 15 is 0 Å². The van der Waals surface area contributed by atoms with E-state index in [1.54, 1.807) is 0 Å². The molecule has 12 heavy (non-hydrogen) atoms. The molecule has 5 nitrogen and oxygen atoms in total. The zero-order valence-corrected chi connectivity index (χ0v) is 6.69. The Labute approximate surface area is 70.3 Å². The number of carboxylic acid groups (broad SMARTS) is 1. The van der Waals surface area contributed by atoms with Crippen LogP contribution in [0.5, 0.6) is 0 Å². The van der Waals surface area contributed by atoms with Crippen LogP contribution in [0.1, 0.15) is 6.42 Å². The lowest BCUT2D eigenvalue weighted by Gasteiger charge is -2.08. The second-order valence-electron chi connectivity index (χ2n) is 2.75. The SMILES string of the molecule is O=C(O)C1C[C@@H](OCCO)CN1. The van der Waals surface area contributed by atoms with Crippen molar-refractivity contribution in [3.8, 4) is 0 Å². The Bertz CT molecular complexity index is 161. The lowest BCUT2D eigenvalue weighted by molar-refractivity contribution is -0.139. The second-order valence-corrected chi connectivity index (χ2v) is 2.75. The van der Waals surface area contributed by atoms with Gasteiger partial charge in [0, 0.05) is 13.0 Å². The Morgan fingerprint density at radius 2 is 2.42 bits per heavy atom. The van der Waals surface area contributed by atoms with E-state index < -0.39 is 12.0 Å². The minimum absolute atomic E-state index is 0.0196. The molecule has 3 N–H and O–H groups in total. The summed E-state index contributed by atoms with van der Waals surface area (Å²) in [6.45, 7) is 0.809. The van der Waals surface area contributed by atoms with Gasteiger partial charge in [-0.15, -0.1) is 0 Å². The Morgan fingerprint density at radius 1 is 1.67 bits per heavy atom. The van der Waals surface area contributed by atoms with Crippen LogP contribution in [0.15, 0.2) is 0 Å². The van der Waals surface area contributed by atoms with Crippen molar-refractivity contribution in [2.45, 2.75) is 18.6 Å². The van der Waals surface area contributed by atoms with Crippen LogP contribution in [0.2, 0.25) is 0 Å². The zero-order valence-electron chi connectivity index (χ0n) is 6.69. The summed E-state index contributed by atoms with van der Waals surface area (Å²) in [4.78, 5) is 10.5.